The molecule has 14 heavy (non-hydrogen) atoms. The Morgan fingerprint density at radius 3 is 2.36 bits per heavy atom. The summed E-state index contributed by atoms with van der Waals surface area (Å²) in [7, 11) is 0. The minimum atomic E-state index is 0. The molecule has 0 unspecified atom stereocenters. The third-order valence-corrected chi connectivity index (χ3v) is 1.69. The summed E-state index contributed by atoms with van der Waals surface area (Å²) >= 11 is 9.69. The minimum absolute atomic E-state index is 0. The van der Waals surface area contributed by atoms with Gasteiger partial charge in [-0.15, -0.1) is 0 Å². The van der Waals surface area contributed by atoms with Crippen LogP contribution in [0, 0.1) is 0 Å². The van der Waals surface area contributed by atoms with E-state index in [-0.39, 0.29) is 30.7 Å². The van der Waals surface area contributed by atoms with E-state index < -0.39 is 0 Å². The maximum Gasteiger partial charge on any atom is 0.0992 e. The van der Waals surface area contributed by atoms with Crippen LogP contribution in [0.15, 0.2) is 41.4 Å². The summed E-state index contributed by atoms with van der Waals surface area (Å²) in [5, 5.41) is 0. The number of fused-ring (bicyclic) bond motifs is 1. The molecule has 0 nitrogen and oxygen atoms in total. The molecule has 3 heteroatoms. The molecule has 0 spiro atoms. The fourth-order valence-corrected chi connectivity index (χ4v) is 1.20. The summed E-state index contributed by atoms with van der Waals surface area (Å²) in [6.45, 7) is 3.09. The molecule has 0 aromatic heterocycles. The number of allylic oxidation sites excluding steroid dienone is 1. The third-order valence-electron chi connectivity index (χ3n) is 1.69. The maximum atomic E-state index is 4.85. The molecule has 1 aromatic carbocycles. The SMILES string of the molecule is C1=Cc2ccccc2C1.C=C(Cl)Cl.[Zr]. The first kappa shape index (κ1) is 14.2. The zero-order valence-corrected chi connectivity index (χ0v) is 11.6. The predicted molar refractivity (Wildman–Crippen MR) is 60.0 cm³/mol. The van der Waals surface area contributed by atoms with Gasteiger partial charge in [-0.05, 0) is 17.5 Å². The van der Waals surface area contributed by atoms with Crippen LogP contribution >= 0.6 is 23.2 Å². The second-order valence-electron chi connectivity index (χ2n) is 2.64. The van der Waals surface area contributed by atoms with Crippen molar-refractivity contribution >= 4 is 29.3 Å². The van der Waals surface area contributed by atoms with Crippen LogP contribution in [0.25, 0.3) is 6.08 Å². The zero-order valence-electron chi connectivity index (χ0n) is 7.63. The van der Waals surface area contributed by atoms with Gasteiger partial charge in [0, 0.05) is 26.2 Å². The van der Waals surface area contributed by atoms with Gasteiger partial charge in [0.25, 0.3) is 0 Å². The smallest absolute Gasteiger partial charge is 0.0795 e. The molecule has 0 saturated carbocycles. The van der Waals surface area contributed by atoms with Gasteiger partial charge in [0.15, 0.2) is 0 Å². The van der Waals surface area contributed by atoms with Crippen molar-refractivity contribution in [1.82, 2.24) is 0 Å². The van der Waals surface area contributed by atoms with Gasteiger partial charge in [0.1, 0.15) is 0 Å². The topological polar surface area (TPSA) is 0 Å². The monoisotopic (exact) mass is 302 g/mol. The maximum absolute atomic E-state index is 4.85. The van der Waals surface area contributed by atoms with Crippen LogP contribution in [0.4, 0.5) is 0 Å². The van der Waals surface area contributed by atoms with E-state index in [0.29, 0.717) is 0 Å². The Hall–Kier alpha value is 0.163. The van der Waals surface area contributed by atoms with Crippen molar-refractivity contribution in [2.45, 2.75) is 6.42 Å². The number of halogens is 2. The summed E-state index contributed by atoms with van der Waals surface area (Å²) in [5.74, 6) is 0. The average molecular weight is 304 g/mol. The molecule has 0 saturated heterocycles. The van der Waals surface area contributed by atoms with Crippen LogP contribution in [0.3, 0.4) is 0 Å². The first-order valence-corrected chi connectivity index (χ1v) is 4.70. The summed E-state index contributed by atoms with van der Waals surface area (Å²) in [4.78, 5) is 0. The standard InChI is InChI=1S/C9H8.C2H2Cl2.Zr/c1-2-5-9-7-3-6-8(9)4-1;1-2(3)4;/h1-6H,7H2;1H2;. The number of rotatable bonds is 0. The van der Waals surface area contributed by atoms with Gasteiger partial charge in [0.2, 0.25) is 0 Å². The van der Waals surface area contributed by atoms with Crippen molar-refractivity contribution in [1.29, 1.82) is 0 Å². The van der Waals surface area contributed by atoms with Crippen molar-refractivity contribution in [2.75, 3.05) is 0 Å². The largest absolute Gasteiger partial charge is 0.0992 e. The van der Waals surface area contributed by atoms with Crippen LogP contribution in [-0.2, 0) is 32.6 Å². The zero-order chi connectivity index (χ0) is 9.68. The second-order valence-corrected chi connectivity index (χ2v) is 3.75. The molecule has 0 fully saturated rings. The quantitative estimate of drug-likeness (QED) is 0.674. The van der Waals surface area contributed by atoms with Gasteiger partial charge in [-0.2, -0.15) is 0 Å². The van der Waals surface area contributed by atoms with E-state index in [4.69, 9.17) is 23.2 Å². The number of hydrogen-bond donors (Lipinski definition) is 0. The van der Waals surface area contributed by atoms with Gasteiger partial charge in [-0.3, -0.25) is 0 Å². The Kier molecular flexibility index (Phi) is 7.54. The molecular weight excluding hydrogens is 294 g/mol. The Balaban J connectivity index is 0.000000299. The average Bonchev–Trinajstić information content (AvgIpc) is 2.49. The summed E-state index contributed by atoms with van der Waals surface area (Å²) in [6, 6.07) is 8.49. The molecule has 0 aliphatic heterocycles. The molecular formula is C11H10Cl2Zr. The minimum Gasteiger partial charge on any atom is -0.0795 e. The summed E-state index contributed by atoms with van der Waals surface area (Å²) in [6.07, 6.45) is 5.50. The van der Waals surface area contributed by atoms with Crippen molar-refractivity contribution in [3.8, 4) is 0 Å². The van der Waals surface area contributed by atoms with Crippen molar-refractivity contribution in [2.24, 2.45) is 0 Å². The molecule has 0 bridgehead atoms. The number of benzene rings is 1. The fraction of sp³-hybridized carbons (Fsp3) is 0.0909. The van der Waals surface area contributed by atoms with Gasteiger partial charge in [-0.25, -0.2) is 0 Å². The molecule has 0 amide bonds. The summed E-state index contributed by atoms with van der Waals surface area (Å²) < 4.78 is 0.111. The van der Waals surface area contributed by atoms with Crippen LogP contribution in [0.2, 0.25) is 0 Å². The van der Waals surface area contributed by atoms with Gasteiger partial charge in [0.05, 0.1) is 4.49 Å². The molecule has 2 rings (SSSR count). The van der Waals surface area contributed by atoms with Crippen LogP contribution in [0.5, 0.6) is 0 Å². The molecule has 1 aromatic rings. The van der Waals surface area contributed by atoms with Crippen LogP contribution in [0.1, 0.15) is 11.1 Å². The van der Waals surface area contributed by atoms with E-state index in [2.05, 4.69) is 43.0 Å². The summed E-state index contributed by atoms with van der Waals surface area (Å²) in [5.41, 5.74) is 2.84. The molecule has 1 aliphatic carbocycles. The van der Waals surface area contributed by atoms with E-state index >= 15 is 0 Å². The van der Waals surface area contributed by atoms with Gasteiger partial charge >= 0.3 is 0 Å². The van der Waals surface area contributed by atoms with Crippen molar-refractivity contribution < 1.29 is 26.2 Å². The molecule has 0 heterocycles. The van der Waals surface area contributed by atoms with E-state index in [1.54, 1.807) is 0 Å². The van der Waals surface area contributed by atoms with E-state index in [1.165, 1.54) is 11.1 Å². The first-order valence-electron chi connectivity index (χ1n) is 3.94. The third kappa shape index (κ3) is 5.15. The van der Waals surface area contributed by atoms with Crippen LogP contribution in [-0.4, -0.2) is 0 Å². The number of hydrogen-bond acceptors (Lipinski definition) is 0. The fourth-order valence-electron chi connectivity index (χ4n) is 1.20. The van der Waals surface area contributed by atoms with Gasteiger partial charge < -0.3 is 0 Å². The Bertz CT molecular complexity index is 328. The van der Waals surface area contributed by atoms with E-state index in [9.17, 15) is 0 Å². The first-order chi connectivity index (χ1) is 6.20. The normalized spacial score (nSPS) is 10.7. The molecule has 0 radical (unpaired) electrons. The van der Waals surface area contributed by atoms with E-state index in [0.717, 1.165) is 6.42 Å². The Morgan fingerprint density at radius 2 is 1.79 bits per heavy atom. The van der Waals surface area contributed by atoms with Crippen molar-refractivity contribution in [3.63, 3.8) is 0 Å². The van der Waals surface area contributed by atoms with Crippen molar-refractivity contribution in [3.05, 3.63) is 52.5 Å². The molecule has 0 atom stereocenters. The van der Waals surface area contributed by atoms with E-state index in [1.807, 2.05) is 0 Å². The Morgan fingerprint density at radius 1 is 1.21 bits per heavy atom. The molecule has 72 valence electrons. The molecule has 0 N–H and O–H groups in total. The predicted octanol–water partition coefficient (Wildman–Crippen LogP) is 4.19. The molecule has 1 aliphatic rings. The Labute approximate surface area is 114 Å². The van der Waals surface area contributed by atoms with Crippen LogP contribution < -0.4 is 0 Å². The van der Waals surface area contributed by atoms with Gasteiger partial charge in [-0.1, -0.05) is 66.2 Å². The second kappa shape index (κ2) is 7.45.